The molecule has 0 aliphatic heterocycles. The summed E-state index contributed by atoms with van der Waals surface area (Å²) in [5.74, 6) is -0.556. The molecule has 2 rings (SSSR count). The first-order chi connectivity index (χ1) is 11.3. The van der Waals surface area contributed by atoms with Crippen LogP contribution in [-0.2, 0) is 14.6 Å². The SMILES string of the molecule is CC(NC(=O)CCS(=O)(=O)c1ccc(Cl)cc1)c1ccccc1Br. The molecule has 0 aliphatic carbocycles. The number of carbonyl (C=O) groups excluding carboxylic acids is 1. The van der Waals surface area contributed by atoms with E-state index < -0.39 is 9.84 Å². The van der Waals surface area contributed by atoms with E-state index in [0.717, 1.165) is 10.0 Å². The van der Waals surface area contributed by atoms with Crippen molar-refractivity contribution in [2.24, 2.45) is 0 Å². The molecule has 128 valence electrons. The van der Waals surface area contributed by atoms with Gasteiger partial charge in [0.25, 0.3) is 0 Å². The van der Waals surface area contributed by atoms with Crippen LogP contribution < -0.4 is 5.32 Å². The minimum atomic E-state index is -3.51. The van der Waals surface area contributed by atoms with E-state index in [9.17, 15) is 13.2 Å². The summed E-state index contributed by atoms with van der Waals surface area (Å²) < 4.78 is 25.3. The lowest BCUT2D eigenvalue weighted by Gasteiger charge is -2.16. The standard InChI is InChI=1S/C17H17BrClNO3S/c1-12(15-4-2-3-5-16(15)18)20-17(21)10-11-24(22,23)14-8-6-13(19)7-9-14/h2-9,12H,10-11H2,1H3,(H,20,21). The van der Waals surface area contributed by atoms with Crippen molar-refractivity contribution in [2.75, 3.05) is 5.75 Å². The molecular formula is C17H17BrClNO3S. The van der Waals surface area contributed by atoms with Crippen LogP contribution in [0.15, 0.2) is 57.9 Å². The Balaban J connectivity index is 1.95. The van der Waals surface area contributed by atoms with Gasteiger partial charge < -0.3 is 5.32 Å². The van der Waals surface area contributed by atoms with Gasteiger partial charge in [-0.3, -0.25) is 4.79 Å². The Hall–Kier alpha value is -1.37. The van der Waals surface area contributed by atoms with Crippen LogP contribution in [-0.4, -0.2) is 20.1 Å². The number of sulfone groups is 1. The Morgan fingerprint density at radius 2 is 1.79 bits per heavy atom. The Morgan fingerprint density at radius 1 is 1.17 bits per heavy atom. The van der Waals surface area contributed by atoms with E-state index in [1.54, 1.807) is 0 Å². The van der Waals surface area contributed by atoms with Gasteiger partial charge in [-0.05, 0) is 42.8 Å². The topological polar surface area (TPSA) is 63.2 Å². The normalized spacial score (nSPS) is 12.6. The van der Waals surface area contributed by atoms with E-state index in [-0.39, 0.29) is 29.0 Å². The van der Waals surface area contributed by atoms with E-state index >= 15 is 0 Å². The first kappa shape index (κ1) is 19.0. The van der Waals surface area contributed by atoms with Crippen molar-refractivity contribution in [3.63, 3.8) is 0 Å². The Bertz CT molecular complexity index is 822. The molecule has 0 spiro atoms. The summed E-state index contributed by atoms with van der Waals surface area (Å²) in [6.45, 7) is 1.85. The number of nitrogens with one attached hydrogen (secondary N) is 1. The average Bonchev–Trinajstić information content (AvgIpc) is 2.54. The molecule has 0 aliphatic rings. The first-order valence-corrected chi connectivity index (χ1v) is 10.1. The largest absolute Gasteiger partial charge is 0.350 e. The van der Waals surface area contributed by atoms with Gasteiger partial charge in [0, 0.05) is 15.9 Å². The number of amides is 1. The van der Waals surface area contributed by atoms with Crippen LogP contribution in [0.4, 0.5) is 0 Å². The highest BCUT2D eigenvalue weighted by molar-refractivity contribution is 9.10. The van der Waals surface area contributed by atoms with Gasteiger partial charge in [0.1, 0.15) is 0 Å². The van der Waals surface area contributed by atoms with Crippen molar-refractivity contribution in [3.8, 4) is 0 Å². The molecule has 1 N–H and O–H groups in total. The monoisotopic (exact) mass is 429 g/mol. The van der Waals surface area contributed by atoms with Crippen molar-refractivity contribution in [1.82, 2.24) is 5.32 Å². The summed E-state index contributed by atoms with van der Waals surface area (Å²) in [6, 6.07) is 13.3. The fraction of sp³-hybridized carbons (Fsp3) is 0.235. The van der Waals surface area contributed by atoms with Gasteiger partial charge in [-0.2, -0.15) is 0 Å². The highest BCUT2D eigenvalue weighted by Gasteiger charge is 2.18. The second-order valence-corrected chi connectivity index (χ2v) is 8.73. The van der Waals surface area contributed by atoms with E-state index in [0.29, 0.717) is 5.02 Å². The summed E-state index contributed by atoms with van der Waals surface area (Å²) in [4.78, 5) is 12.2. The van der Waals surface area contributed by atoms with Crippen molar-refractivity contribution < 1.29 is 13.2 Å². The van der Waals surface area contributed by atoms with Gasteiger partial charge in [-0.1, -0.05) is 45.7 Å². The summed E-state index contributed by atoms with van der Waals surface area (Å²) in [5.41, 5.74) is 0.936. The zero-order valence-electron chi connectivity index (χ0n) is 13.0. The summed E-state index contributed by atoms with van der Waals surface area (Å²) >= 11 is 9.19. The second kappa shape index (κ2) is 8.14. The zero-order chi connectivity index (χ0) is 17.7. The lowest BCUT2D eigenvalue weighted by atomic mass is 10.1. The number of halogens is 2. The number of carbonyl (C=O) groups is 1. The number of rotatable bonds is 6. The minimum Gasteiger partial charge on any atom is -0.350 e. The van der Waals surface area contributed by atoms with E-state index in [2.05, 4.69) is 21.2 Å². The highest BCUT2D eigenvalue weighted by atomic mass is 79.9. The fourth-order valence-electron chi connectivity index (χ4n) is 2.20. The fourth-order valence-corrected chi connectivity index (χ4v) is 4.20. The molecule has 0 saturated heterocycles. The van der Waals surface area contributed by atoms with Crippen LogP contribution in [0.3, 0.4) is 0 Å². The molecule has 1 amide bonds. The number of hydrogen-bond acceptors (Lipinski definition) is 3. The van der Waals surface area contributed by atoms with Crippen LogP contribution in [0.2, 0.25) is 5.02 Å². The van der Waals surface area contributed by atoms with Crippen LogP contribution in [0.25, 0.3) is 0 Å². The quantitative estimate of drug-likeness (QED) is 0.749. The predicted molar refractivity (Wildman–Crippen MR) is 98.8 cm³/mol. The van der Waals surface area contributed by atoms with Gasteiger partial charge >= 0.3 is 0 Å². The van der Waals surface area contributed by atoms with Gasteiger partial charge in [0.2, 0.25) is 5.91 Å². The highest BCUT2D eigenvalue weighted by Crippen LogP contribution is 2.23. The number of benzene rings is 2. The third-order valence-electron chi connectivity index (χ3n) is 3.52. The van der Waals surface area contributed by atoms with E-state index in [1.165, 1.54) is 24.3 Å². The average molecular weight is 431 g/mol. The van der Waals surface area contributed by atoms with Crippen LogP contribution in [0.5, 0.6) is 0 Å². The molecule has 1 unspecified atom stereocenters. The predicted octanol–water partition coefficient (Wildman–Crippen LogP) is 4.14. The maximum absolute atomic E-state index is 12.2. The van der Waals surface area contributed by atoms with Gasteiger partial charge in [0.15, 0.2) is 9.84 Å². The van der Waals surface area contributed by atoms with Crippen molar-refractivity contribution in [1.29, 1.82) is 0 Å². The van der Waals surface area contributed by atoms with Crippen LogP contribution >= 0.6 is 27.5 Å². The molecule has 4 nitrogen and oxygen atoms in total. The van der Waals surface area contributed by atoms with Crippen molar-refractivity contribution in [3.05, 3.63) is 63.6 Å². The Kier molecular flexibility index (Phi) is 6.43. The van der Waals surface area contributed by atoms with E-state index in [1.807, 2.05) is 31.2 Å². The van der Waals surface area contributed by atoms with Gasteiger partial charge in [-0.25, -0.2) is 8.42 Å². The van der Waals surface area contributed by atoms with Gasteiger partial charge in [-0.15, -0.1) is 0 Å². The molecule has 0 fully saturated rings. The maximum atomic E-state index is 12.2. The van der Waals surface area contributed by atoms with Crippen molar-refractivity contribution in [2.45, 2.75) is 24.3 Å². The Morgan fingerprint density at radius 3 is 2.42 bits per heavy atom. The summed E-state index contributed by atoms with van der Waals surface area (Å²) in [5, 5.41) is 3.28. The maximum Gasteiger partial charge on any atom is 0.221 e. The molecule has 0 bridgehead atoms. The molecule has 0 saturated carbocycles. The molecule has 0 aromatic heterocycles. The lowest BCUT2D eigenvalue weighted by Crippen LogP contribution is -2.28. The number of hydrogen-bond donors (Lipinski definition) is 1. The third-order valence-corrected chi connectivity index (χ3v) is 6.23. The van der Waals surface area contributed by atoms with E-state index in [4.69, 9.17) is 11.6 Å². The Labute approximate surface area is 155 Å². The second-order valence-electron chi connectivity index (χ2n) is 5.33. The van der Waals surface area contributed by atoms with Crippen LogP contribution in [0, 0.1) is 0 Å². The summed E-state index contributed by atoms with van der Waals surface area (Å²) in [6.07, 6.45) is -0.0975. The molecule has 1 atom stereocenters. The molecule has 7 heteroatoms. The van der Waals surface area contributed by atoms with Crippen molar-refractivity contribution >= 4 is 43.3 Å². The molecule has 2 aromatic rings. The smallest absolute Gasteiger partial charge is 0.221 e. The molecule has 2 aromatic carbocycles. The van der Waals surface area contributed by atoms with Gasteiger partial charge in [0.05, 0.1) is 16.7 Å². The molecule has 0 radical (unpaired) electrons. The molecular weight excluding hydrogens is 414 g/mol. The minimum absolute atomic E-state index is 0.0975. The summed E-state index contributed by atoms with van der Waals surface area (Å²) in [7, 11) is -3.51. The lowest BCUT2D eigenvalue weighted by molar-refractivity contribution is -0.121. The molecule has 0 heterocycles. The zero-order valence-corrected chi connectivity index (χ0v) is 16.2. The first-order valence-electron chi connectivity index (χ1n) is 7.32. The van der Waals surface area contributed by atoms with Crippen LogP contribution in [0.1, 0.15) is 24.9 Å². The third kappa shape index (κ3) is 5.06. The molecule has 24 heavy (non-hydrogen) atoms.